The molecule has 2 rings (SSSR count). The zero-order chi connectivity index (χ0) is 16.2. The number of benzene rings is 2. The minimum atomic E-state index is -4.54. The number of hydrogen-bond donors (Lipinski definition) is 1. The first-order chi connectivity index (χ1) is 10.4. The number of carbonyl (C=O) groups excluding carboxylic acids is 1. The first-order valence-corrected chi connectivity index (χ1v) is 6.91. The topological polar surface area (TPSA) is 29.1 Å². The fourth-order valence-electron chi connectivity index (χ4n) is 1.94. The van der Waals surface area contributed by atoms with Gasteiger partial charge in [-0.15, -0.1) is 0 Å². The summed E-state index contributed by atoms with van der Waals surface area (Å²) in [5.74, 6) is -0.753. The molecule has 2 nitrogen and oxygen atoms in total. The van der Waals surface area contributed by atoms with Crippen LogP contribution in [-0.4, -0.2) is 18.1 Å². The molecule has 2 aromatic carbocycles. The van der Waals surface area contributed by atoms with Crippen molar-refractivity contribution < 1.29 is 18.0 Å². The third kappa shape index (κ3) is 4.49. The summed E-state index contributed by atoms with van der Waals surface area (Å²) in [4.78, 5) is 11.9. The van der Waals surface area contributed by atoms with Crippen molar-refractivity contribution >= 4 is 17.5 Å². The molecule has 22 heavy (non-hydrogen) atoms. The summed E-state index contributed by atoms with van der Waals surface area (Å²) >= 11 is 5.71. The Balaban J connectivity index is 2.13. The number of amides is 1. The lowest BCUT2D eigenvalue weighted by atomic mass is 10.0. The SMILES string of the molecule is O=C(N[C@@H](Cc1ccc(Cl)cc1)C(F)(F)F)c1ccccc1. The average molecular weight is 328 g/mol. The zero-order valence-corrected chi connectivity index (χ0v) is 12.2. The number of carbonyl (C=O) groups is 1. The quantitative estimate of drug-likeness (QED) is 0.894. The lowest BCUT2D eigenvalue weighted by Crippen LogP contribution is -2.46. The minimum absolute atomic E-state index is 0.188. The third-order valence-electron chi connectivity index (χ3n) is 3.09. The van der Waals surface area contributed by atoms with Crippen molar-refractivity contribution in [2.75, 3.05) is 0 Å². The highest BCUT2D eigenvalue weighted by atomic mass is 35.5. The largest absolute Gasteiger partial charge is 0.408 e. The van der Waals surface area contributed by atoms with Crippen LogP contribution in [0.2, 0.25) is 5.02 Å². The number of alkyl halides is 3. The Bertz CT molecular complexity index is 626. The molecule has 0 saturated carbocycles. The van der Waals surface area contributed by atoms with Crippen LogP contribution in [0.4, 0.5) is 13.2 Å². The van der Waals surface area contributed by atoms with Crippen LogP contribution in [0.15, 0.2) is 54.6 Å². The molecule has 0 spiro atoms. The molecule has 0 heterocycles. The second kappa shape index (κ2) is 6.83. The number of rotatable bonds is 4. The summed E-state index contributed by atoms with van der Waals surface area (Å²) < 4.78 is 39.4. The maximum absolute atomic E-state index is 13.1. The molecular weight excluding hydrogens is 315 g/mol. The van der Waals surface area contributed by atoms with Crippen molar-refractivity contribution in [1.29, 1.82) is 0 Å². The predicted octanol–water partition coefficient (Wildman–Crippen LogP) is 4.24. The van der Waals surface area contributed by atoms with E-state index in [1.807, 2.05) is 5.32 Å². The fraction of sp³-hybridized carbons (Fsp3) is 0.188. The second-order valence-corrected chi connectivity index (χ2v) is 5.20. The summed E-state index contributed by atoms with van der Waals surface area (Å²) in [6, 6.07) is 11.9. The highest BCUT2D eigenvalue weighted by Crippen LogP contribution is 2.24. The van der Waals surface area contributed by atoms with Crippen LogP contribution in [0.1, 0.15) is 15.9 Å². The van der Waals surface area contributed by atoms with Crippen molar-refractivity contribution in [3.63, 3.8) is 0 Å². The van der Waals surface area contributed by atoms with Crippen LogP contribution >= 0.6 is 11.6 Å². The molecule has 1 atom stereocenters. The van der Waals surface area contributed by atoms with E-state index in [0.29, 0.717) is 10.6 Å². The third-order valence-corrected chi connectivity index (χ3v) is 3.34. The van der Waals surface area contributed by atoms with Crippen LogP contribution in [0.5, 0.6) is 0 Å². The molecule has 1 amide bonds. The van der Waals surface area contributed by atoms with E-state index in [0.717, 1.165) is 0 Å². The summed E-state index contributed by atoms with van der Waals surface area (Å²) in [7, 11) is 0. The van der Waals surface area contributed by atoms with E-state index >= 15 is 0 Å². The number of halogens is 4. The van der Waals surface area contributed by atoms with Gasteiger partial charge in [-0.2, -0.15) is 13.2 Å². The molecule has 6 heteroatoms. The Morgan fingerprint density at radius 1 is 1.05 bits per heavy atom. The van der Waals surface area contributed by atoms with Gasteiger partial charge in [0.1, 0.15) is 6.04 Å². The molecule has 0 radical (unpaired) electrons. The molecular formula is C16H13ClF3NO. The van der Waals surface area contributed by atoms with Crippen LogP contribution in [0.3, 0.4) is 0 Å². The lowest BCUT2D eigenvalue weighted by Gasteiger charge is -2.22. The first kappa shape index (κ1) is 16.4. The van der Waals surface area contributed by atoms with Gasteiger partial charge in [0, 0.05) is 17.0 Å². The van der Waals surface area contributed by atoms with Crippen LogP contribution in [0.25, 0.3) is 0 Å². The van der Waals surface area contributed by atoms with Crippen molar-refractivity contribution in [3.05, 3.63) is 70.7 Å². The Hall–Kier alpha value is -2.01. The standard InChI is InChI=1S/C16H13ClF3NO/c17-13-8-6-11(7-9-13)10-14(16(18,19)20)21-15(22)12-4-2-1-3-5-12/h1-9,14H,10H2,(H,21,22)/t14-/m0/s1. The smallest absolute Gasteiger partial charge is 0.340 e. The van der Waals surface area contributed by atoms with Gasteiger partial charge in [-0.1, -0.05) is 41.9 Å². The zero-order valence-electron chi connectivity index (χ0n) is 11.4. The van der Waals surface area contributed by atoms with Crippen LogP contribution in [0, 0.1) is 0 Å². The highest BCUT2D eigenvalue weighted by Gasteiger charge is 2.40. The van der Waals surface area contributed by atoms with Crippen LogP contribution in [-0.2, 0) is 6.42 Å². The predicted molar refractivity (Wildman–Crippen MR) is 78.9 cm³/mol. The second-order valence-electron chi connectivity index (χ2n) is 4.76. The van der Waals surface area contributed by atoms with E-state index in [2.05, 4.69) is 0 Å². The van der Waals surface area contributed by atoms with Crippen molar-refractivity contribution in [1.82, 2.24) is 5.32 Å². The highest BCUT2D eigenvalue weighted by molar-refractivity contribution is 6.30. The number of nitrogens with one attached hydrogen (secondary N) is 1. The summed E-state index contributed by atoms with van der Waals surface area (Å²) in [5.41, 5.74) is 0.632. The van der Waals surface area contributed by atoms with Gasteiger partial charge < -0.3 is 5.32 Å². The molecule has 0 aliphatic carbocycles. The van der Waals surface area contributed by atoms with Gasteiger partial charge in [0.05, 0.1) is 0 Å². The molecule has 0 bridgehead atoms. The number of hydrogen-bond acceptors (Lipinski definition) is 1. The minimum Gasteiger partial charge on any atom is -0.340 e. The maximum atomic E-state index is 13.1. The molecule has 2 aromatic rings. The van der Waals surface area contributed by atoms with Gasteiger partial charge in [-0.05, 0) is 29.8 Å². The Morgan fingerprint density at radius 3 is 2.18 bits per heavy atom. The van der Waals surface area contributed by atoms with Gasteiger partial charge in [-0.25, -0.2) is 0 Å². The van der Waals surface area contributed by atoms with Gasteiger partial charge in [0.2, 0.25) is 0 Å². The molecule has 0 aliphatic rings. The molecule has 0 aromatic heterocycles. The summed E-state index contributed by atoms with van der Waals surface area (Å²) in [5, 5.41) is 2.48. The van der Waals surface area contributed by atoms with E-state index in [1.165, 1.54) is 36.4 Å². The fourth-order valence-corrected chi connectivity index (χ4v) is 2.06. The van der Waals surface area contributed by atoms with Gasteiger partial charge in [0.15, 0.2) is 0 Å². The lowest BCUT2D eigenvalue weighted by molar-refractivity contribution is -0.153. The molecule has 0 aliphatic heterocycles. The maximum Gasteiger partial charge on any atom is 0.408 e. The molecule has 0 saturated heterocycles. The molecule has 0 fully saturated rings. The molecule has 1 N–H and O–H groups in total. The monoisotopic (exact) mass is 327 g/mol. The van der Waals surface area contributed by atoms with Gasteiger partial charge >= 0.3 is 6.18 Å². The van der Waals surface area contributed by atoms with Gasteiger partial charge in [0.25, 0.3) is 5.91 Å². The van der Waals surface area contributed by atoms with E-state index in [1.54, 1.807) is 18.2 Å². The normalized spacial score (nSPS) is 12.7. The molecule has 0 unspecified atom stereocenters. The first-order valence-electron chi connectivity index (χ1n) is 6.53. The summed E-state index contributed by atoms with van der Waals surface area (Å²) in [6.07, 6.45) is -4.89. The van der Waals surface area contributed by atoms with Crippen molar-refractivity contribution in [3.8, 4) is 0 Å². The Kier molecular flexibility index (Phi) is 5.08. The van der Waals surface area contributed by atoms with Gasteiger partial charge in [-0.3, -0.25) is 4.79 Å². The Morgan fingerprint density at radius 2 is 1.64 bits per heavy atom. The van der Waals surface area contributed by atoms with Crippen molar-refractivity contribution in [2.45, 2.75) is 18.6 Å². The van der Waals surface area contributed by atoms with E-state index < -0.39 is 18.1 Å². The van der Waals surface area contributed by atoms with E-state index in [9.17, 15) is 18.0 Å². The Labute approximate surface area is 130 Å². The van der Waals surface area contributed by atoms with Crippen LogP contribution < -0.4 is 5.32 Å². The molecule has 116 valence electrons. The summed E-state index contributed by atoms with van der Waals surface area (Å²) in [6.45, 7) is 0. The van der Waals surface area contributed by atoms with E-state index in [4.69, 9.17) is 11.6 Å². The van der Waals surface area contributed by atoms with E-state index in [-0.39, 0.29) is 12.0 Å². The average Bonchev–Trinajstić information content (AvgIpc) is 2.48. The van der Waals surface area contributed by atoms with Crippen molar-refractivity contribution in [2.24, 2.45) is 0 Å².